The van der Waals surface area contributed by atoms with Crippen LogP contribution in [0, 0.1) is 6.92 Å². The van der Waals surface area contributed by atoms with E-state index in [2.05, 4.69) is 15.8 Å². The molecule has 0 radical (unpaired) electrons. The van der Waals surface area contributed by atoms with E-state index >= 15 is 0 Å². The average molecular weight is 346 g/mol. The van der Waals surface area contributed by atoms with Crippen molar-refractivity contribution in [3.8, 4) is 5.75 Å². The van der Waals surface area contributed by atoms with Gasteiger partial charge in [0.25, 0.3) is 5.91 Å². The van der Waals surface area contributed by atoms with Crippen molar-refractivity contribution in [1.82, 2.24) is 5.43 Å². The minimum atomic E-state index is -0.239. The maximum absolute atomic E-state index is 11.8. The molecule has 0 fully saturated rings. The fourth-order valence-corrected chi connectivity index (χ4v) is 2.18. The molecule has 0 saturated heterocycles. The molecule has 0 heterocycles. The van der Waals surface area contributed by atoms with Crippen LogP contribution >= 0.6 is 11.6 Å². The van der Waals surface area contributed by atoms with Gasteiger partial charge >= 0.3 is 0 Å². The predicted molar refractivity (Wildman–Crippen MR) is 98.0 cm³/mol. The highest BCUT2D eigenvalue weighted by Gasteiger charge is 2.04. The summed E-state index contributed by atoms with van der Waals surface area (Å²) in [4.78, 5) is 11.8. The number of ether oxygens (including phenoxy) is 1. The second-order valence-corrected chi connectivity index (χ2v) is 5.47. The monoisotopic (exact) mass is 345 g/mol. The number of hydrogen-bond acceptors (Lipinski definition) is 4. The number of benzene rings is 2. The lowest BCUT2D eigenvalue weighted by Crippen LogP contribution is -2.26. The highest BCUT2D eigenvalue weighted by molar-refractivity contribution is 6.31. The van der Waals surface area contributed by atoms with E-state index in [9.17, 15) is 4.79 Å². The minimum Gasteiger partial charge on any atom is -0.494 e. The molecule has 2 rings (SSSR count). The number of rotatable bonds is 7. The molecule has 0 unspecified atom stereocenters. The Labute approximate surface area is 146 Å². The third kappa shape index (κ3) is 5.28. The van der Waals surface area contributed by atoms with Crippen LogP contribution in [0.15, 0.2) is 47.6 Å². The van der Waals surface area contributed by atoms with Crippen LogP contribution in [0.1, 0.15) is 18.1 Å². The molecular weight excluding hydrogens is 326 g/mol. The molecule has 6 heteroatoms. The third-order valence-corrected chi connectivity index (χ3v) is 3.71. The number of amides is 1. The van der Waals surface area contributed by atoms with Gasteiger partial charge in [0.15, 0.2) is 0 Å². The molecule has 0 spiro atoms. The first-order valence-corrected chi connectivity index (χ1v) is 8.01. The Bertz CT molecular complexity index is 715. The largest absolute Gasteiger partial charge is 0.494 e. The van der Waals surface area contributed by atoms with Gasteiger partial charge in [-0.2, -0.15) is 5.10 Å². The smallest absolute Gasteiger partial charge is 0.259 e. The number of carbonyl (C=O) groups excluding carboxylic acids is 1. The average Bonchev–Trinajstić information content (AvgIpc) is 2.58. The molecule has 0 aliphatic rings. The van der Waals surface area contributed by atoms with E-state index in [0.29, 0.717) is 11.6 Å². The lowest BCUT2D eigenvalue weighted by atomic mass is 10.2. The zero-order valence-electron chi connectivity index (χ0n) is 13.7. The number of anilines is 1. The van der Waals surface area contributed by atoms with Crippen LogP contribution < -0.4 is 15.5 Å². The normalized spacial score (nSPS) is 10.6. The highest BCUT2D eigenvalue weighted by Crippen LogP contribution is 2.22. The van der Waals surface area contributed by atoms with E-state index in [1.54, 1.807) is 6.21 Å². The number of nitrogens with zero attached hydrogens (tertiary/aromatic N) is 1. The summed E-state index contributed by atoms with van der Waals surface area (Å²) in [5.41, 5.74) is 5.09. The minimum absolute atomic E-state index is 0.113. The Morgan fingerprint density at radius 2 is 2.00 bits per heavy atom. The Morgan fingerprint density at radius 1 is 1.25 bits per heavy atom. The van der Waals surface area contributed by atoms with Gasteiger partial charge in [0.05, 0.1) is 19.4 Å². The topological polar surface area (TPSA) is 62.7 Å². The molecule has 2 aromatic rings. The van der Waals surface area contributed by atoms with Gasteiger partial charge in [-0.05, 0) is 61.4 Å². The first-order valence-electron chi connectivity index (χ1n) is 7.64. The first kappa shape index (κ1) is 17.8. The van der Waals surface area contributed by atoms with E-state index in [1.165, 1.54) is 0 Å². The molecule has 0 aliphatic carbocycles. The number of halogens is 1. The van der Waals surface area contributed by atoms with Gasteiger partial charge in [0.1, 0.15) is 5.75 Å². The maximum atomic E-state index is 11.8. The first-order chi connectivity index (χ1) is 11.6. The molecule has 0 atom stereocenters. The van der Waals surface area contributed by atoms with Crippen molar-refractivity contribution in [2.75, 3.05) is 18.5 Å². The summed E-state index contributed by atoms with van der Waals surface area (Å²) < 4.78 is 5.36. The van der Waals surface area contributed by atoms with Crippen molar-refractivity contribution >= 4 is 29.4 Å². The number of hydrazone groups is 1. The molecule has 0 aromatic heterocycles. The van der Waals surface area contributed by atoms with Crippen molar-refractivity contribution in [3.63, 3.8) is 0 Å². The van der Waals surface area contributed by atoms with Crippen molar-refractivity contribution < 1.29 is 9.53 Å². The van der Waals surface area contributed by atoms with Crippen molar-refractivity contribution in [2.45, 2.75) is 13.8 Å². The van der Waals surface area contributed by atoms with E-state index in [1.807, 2.05) is 56.3 Å². The molecule has 2 N–H and O–H groups in total. The van der Waals surface area contributed by atoms with Gasteiger partial charge in [-0.15, -0.1) is 0 Å². The summed E-state index contributed by atoms with van der Waals surface area (Å²) in [5.74, 6) is 0.566. The second kappa shape index (κ2) is 8.93. The van der Waals surface area contributed by atoms with Gasteiger partial charge in [-0.25, -0.2) is 5.43 Å². The number of hydrogen-bond donors (Lipinski definition) is 2. The Morgan fingerprint density at radius 3 is 2.71 bits per heavy atom. The van der Waals surface area contributed by atoms with E-state index < -0.39 is 0 Å². The standard InChI is InChI=1S/C18H20ClN3O2/c1-3-24-15-9-7-14(8-10-15)11-21-22-18(23)12-20-17-6-4-5-16(19)13(17)2/h4-11,20H,3,12H2,1-2H3,(H,22,23)/b21-11+. The van der Waals surface area contributed by atoms with Crippen LogP contribution in [0.4, 0.5) is 5.69 Å². The van der Waals surface area contributed by atoms with Crippen LogP contribution in [0.2, 0.25) is 5.02 Å². The summed E-state index contributed by atoms with van der Waals surface area (Å²) in [6, 6.07) is 13.0. The molecule has 2 aromatic carbocycles. The molecule has 126 valence electrons. The van der Waals surface area contributed by atoms with E-state index in [-0.39, 0.29) is 12.5 Å². The molecule has 1 amide bonds. The van der Waals surface area contributed by atoms with Crippen LogP contribution in [0.3, 0.4) is 0 Å². The lowest BCUT2D eigenvalue weighted by Gasteiger charge is -2.09. The summed E-state index contributed by atoms with van der Waals surface area (Å²) in [5, 5.41) is 7.64. The third-order valence-electron chi connectivity index (χ3n) is 3.30. The van der Waals surface area contributed by atoms with Crippen LogP contribution in [-0.4, -0.2) is 25.3 Å². The maximum Gasteiger partial charge on any atom is 0.259 e. The van der Waals surface area contributed by atoms with Crippen LogP contribution in [0.25, 0.3) is 0 Å². The fraction of sp³-hybridized carbons (Fsp3) is 0.222. The summed E-state index contributed by atoms with van der Waals surface area (Å²) >= 11 is 6.04. The summed E-state index contributed by atoms with van der Waals surface area (Å²) in [7, 11) is 0. The lowest BCUT2D eigenvalue weighted by molar-refractivity contribution is -0.119. The molecular formula is C18H20ClN3O2. The summed E-state index contributed by atoms with van der Waals surface area (Å²) in [6.45, 7) is 4.57. The molecule has 24 heavy (non-hydrogen) atoms. The van der Waals surface area contributed by atoms with Crippen molar-refractivity contribution in [2.24, 2.45) is 5.10 Å². The zero-order valence-corrected chi connectivity index (χ0v) is 14.4. The molecule has 0 bridgehead atoms. The van der Waals surface area contributed by atoms with Crippen molar-refractivity contribution in [3.05, 3.63) is 58.6 Å². The Hall–Kier alpha value is -2.53. The van der Waals surface area contributed by atoms with E-state index in [0.717, 1.165) is 22.6 Å². The van der Waals surface area contributed by atoms with Gasteiger partial charge in [0, 0.05) is 10.7 Å². The van der Waals surface area contributed by atoms with Crippen LogP contribution in [-0.2, 0) is 4.79 Å². The second-order valence-electron chi connectivity index (χ2n) is 5.06. The molecule has 0 saturated carbocycles. The molecule has 0 aliphatic heterocycles. The Balaban J connectivity index is 1.81. The summed E-state index contributed by atoms with van der Waals surface area (Å²) in [6.07, 6.45) is 1.58. The Kier molecular flexibility index (Phi) is 6.63. The van der Waals surface area contributed by atoms with Crippen LogP contribution in [0.5, 0.6) is 5.75 Å². The zero-order chi connectivity index (χ0) is 17.4. The van der Waals surface area contributed by atoms with Gasteiger partial charge in [-0.3, -0.25) is 4.79 Å². The highest BCUT2D eigenvalue weighted by atomic mass is 35.5. The van der Waals surface area contributed by atoms with Gasteiger partial charge < -0.3 is 10.1 Å². The fourth-order valence-electron chi connectivity index (χ4n) is 2.01. The van der Waals surface area contributed by atoms with Gasteiger partial charge in [-0.1, -0.05) is 17.7 Å². The predicted octanol–water partition coefficient (Wildman–Crippen LogP) is 3.61. The number of nitrogens with one attached hydrogen (secondary N) is 2. The SMILES string of the molecule is CCOc1ccc(/C=N/NC(=O)CNc2cccc(Cl)c2C)cc1. The molecule has 5 nitrogen and oxygen atoms in total. The van der Waals surface area contributed by atoms with Crippen molar-refractivity contribution in [1.29, 1.82) is 0 Å². The quantitative estimate of drug-likeness (QED) is 0.595. The van der Waals surface area contributed by atoms with Gasteiger partial charge in [0.2, 0.25) is 0 Å². The van der Waals surface area contributed by atoms with E-state index in [4.69, 9.17) is 16.3 Å². The number of carbonyl (C=O) groups is 1.